The van der Waals surface area contributed by atoms with Gasteiger partial charge in [0.05, 0.1) is 10.0 Å². The second-order valence-corrected chi connectivity index (χ2v) is 10.0. The van der Waals surface area contributed by atoms with Crippen LogP contribution in [0.3, 0.4) is 0 Å². The van der Waals surface area contributed by atoms with E-state index in [1.54, 1.807) is 17.0 Å². The molecule has 0 saturated carbocycles. The molecular formula is C21H25Cl2N3O3S. The van der Waals surface area contributed by atoms with Crippen molar-refractivity contribution < 1.29 is 13.2 Å². The maximum absolute atomic E-state index is 12.9. The number of hydrogen-bond acceptors (Lipinski definition) is 3. The summed E-state index contributed by atoms with van der Waals surface area (Å²) in [6.07, 6.45) is 1.71. The molecule has 3 rings (SSSR count). The normalized spacial score (nSPS) is 16.3. The highest BCUT2D eigenvalue weighted by Gasteiger charge is 2.32. The van der Waals surface area contributed by atoms with Gasteiger partial charge in [0.15, 0.2) is 0 Å². The number of sulfonamides is 1. The summed E-state index contributed by atoms with van der Waals surface area (Å²) < 4.78 is 27.1. The van der Waals surface area contributed by atoms with E-state index in [2.05, 4.69) is 17.4 Å². The molecule has 2 amide bonds. The summed E-state index contributed by atoms with van der Waals surface area (Å²) in [6, 6.07) is 14.5. The number of nitrogens with one attached hydrogen (secondary N) is 1. The van der Waals surface area contributed by atoms with Crippen LogP contribution in [0.4, 0.5) is 4.79 Å². The highest BCUT2D eigenvalue weighted by atomic mass is 35.5. The Balaban J connectivity index is 1.52. The molecule has 1 fully saturated rings. The predicted octanol–water partition coefficient (Wildman–Crippen LogP) is 4.03. The van der Waals surface area contributed by atoms with Gasteiger partial charge < -0.3 is 10.2 Å². The van der Waals surface area contributed by atoms with E-state index in [-0.39, 0.29) is 40.1 Å². The van der Waals surface area contributed by atoms with Gasteiger partial charge >= 0.3 is 6.03 Å². The summed E-state index contributed by atoms with van der Waals surface area (Å²) in [6.45, 7) is 3.01. The molecular weight excluding hydrogens is 445 g/mol. The number of rotatable bonds is 6. The molecule has 2 aromatic carbocycles. The first-order valence-electron chi connectivity index (χ1n) is 9.82. The highest BCUT2D eigenvalue weighted by molar-refractivity contribution is 7.89. The van der Waals surface area contributed by atoms with E-state index in [4.69, 9.17) is 23.2 Å². The second kappa shape index (κ2) is 10.0. The van der Waals surface area contributed by atoms with Gasteiger partial charge in [-0.05, 0) is 37.5 Å². The average Bonchev–Trinajstić information content (AvgIpc) is 2.75. The van der Waals surface area contributed by atoms with Crippen molar-refractivity contribution in [3.8, 4) is 0 Å². The standard InChI is InChI=1S/C21H25Cl2N3O3S/c1-16(10-11-17-6-3-2-4-7-17)24-21(27)25-12-14-26(15-13-25)30(28,29)19-9-5-8-18(22)20(19)23/h2-9,16H,10-15H2,1H3,(H,24,27). The van der Waals surface area contributed by atoms with Gasteiger partial charge in [0.25, 0.3) is 0 Å². The Hall–Kier alpha value is -1.80. The number of carbonyl (C=O) groups excluding carboxylic acids is 1. The molecule has 2 aromatic rings. The van der Waals surface area contributed by atoms with Crippen molar-refractivity contribution in [2.75, 3.05) is 26.2 Å². The van der Waals surface area contributed by atoms with Crippen LogP contribution in [0.5, 0.6) is 0 Å². The van der Waals surface area contributed by atoms with Crippen LogP contribution >= 0.6 is 23.2 Å². The van der Waals surface area contributed by atoms with Gasteiger partial charge in [0.1, 0.15) is 4.90 Å². The first-order valence-corrected chi connectivity index (χ1v) is 12.0. The molecule has 1 N–H and O–H groups in total. The molecule has 1 atom stereocenters. The van der Waals surface area contributed by atoms with Gasteiger partial charge in [-0.3, -0.25) is 0 Å². The molecule has 0 bridgehead atoms. The van der Waals surface area contributed by atoms with Crippen LogP contribution < -0.4 is 5.32 Å². The van der Waals surface area contributed by atoms with Crippen molar-refractivity contribution in [3.05, 3.63) is 64.1 Å². The third-order valence-corrected chi connectivity index (χ3v) is 8.01. The van der Waals surface area contributed by atoms with Crippen LogP contribution in [0.15, 0.2) is 53.4 Å². The van der Waals surface area contributed by atoms with E-state index in [1.807, 2.05) is 25.1 Å². The van der Waals surface area contributed by atoms with E-state index in [1.165, 1.54) is 15.9 Å². The molecule has 1 aliphatic heterocycles. The molecule has 6 nitrogen and oxygen atoms in total. The molecule has 162 valence electrons. The number of amides is 2. The zero-order valence-corrected chi connectivity index (χ0v) is 19.1. The largest absolute Gasteiger partial charge is 0.336 e. The quantitative estimate of drug-likeness (QED) is 0.693. The number of nitrogens with zero attached hydrogens (tertiary/aromatic N) is 2. The molecule has 0 radical (unpaired) electrons. The molecule has 0 spiro atoms. The first-order chi connectivity index (χ1) is 14.3. The van der Waals surface area contributed by atoms with Crippen molar-refractivity contribution in [3.63, 3.8) is 0 Å². The maximum Gasteiger partial charge on any atom is 0.317 e. The molecule has 1 saturated heterocycles. The lowest BCUT2D eigenvalue weighted by Crippen LogP contribution is -2.54. The number of halogens is 2. The van der Waals surface area contributed by atoms with Gasteiger partial charge in [-0.25, -0.2) is 13.2 Å². The van der Waals surface area contributed by atoms with Crippen molar-refractivity contribution in [2.24, 2.45) is 0 Å². The molecule has 30 heavy (non-hydrogen) atoms. The third-order valence-electron chi connectivity index (χ3n) is 5.14. The first kappa shape index (κ1) is 22.9. The lowest BCUT2D eigenvalue weighted by Gasteiger charge is -2.34. The van der Waals surface area contributed by atoms with Gasteiger partial charge in [-0.15, -0.1) is 0 Å². The van der Waals surface area contributed by atoms with E-state index in [0.717, 1.165) is 12.8 Å². The van der Waals surface area contributed by atoms with E-state index in [0.29, 0.717) is 13.1 Å². The Morgan fingerprint density at radius 1 is 1.03 bits per heavy atom. The Bertz CT molecular complexity index is 978. The fourth-order valence-electron chi connectivity index (χ4n) is 3.36. The van der Waals surface area contributed by atoms with Gasteiger partial charge in [-0.2, -0.15) is 4.31 Å². The highest BCUT2D eigenvalue weighted by Crippen LogP contribution is 2.31. The van der Waals surface area contributed by atoms with Crippen LogP contribution in [0.2, 0.25) is 10.0 Å². The van der Waals surface area contributed by atoms with Crippen molar-refractivity contribution in [1.82, 2.24) is 14.5 Å². The summed E-state index contributed by atoms with van der Waals surface area (Å²) in [4.78, 5) is 14.2. The monoisotopic (exact) mass is 469 g/mol. The fraction of sp³-hybridized carbons (Fsp3) is 0.381. The number of aryl methyl sites for hydroxylation is 1. The second-order valence-electron chi connectivity index (χ2n) is 7.32. The number of hydrogen-bond donors (Lipinski definition) is 1. The summed E-state index contributed by atoms with van der Waals surface area (Å²) in [5.74, 6) is 0. The van der Waals surface area contributed by atoms with E-state index in [9.17, 15) is 13.2 Å². The van der Waals surface area contributed by atoms with Gasteiger partial charge in [0.2, 0.25) is 10.0 Å². The summed E-state index contributed by atoms with van der Waals surface area (Å²) in [7, 11) is -3.77. The SMILES string of the molecule is CC(CCc1ccccc1)NC(=O)N1CCN(S(=O)(=O)c2cccc(Cl)c2Cl)CC1. The molecule has 0 aliphatic carbocycles. The Morgan fingerprint density at radius 3 is 2.37 bits per heavy atom. The molecule has 1 aliphatic rings. The summed E-state index contributed by atoms with van der Waals surface area (Å²) >= 11 is 12.1. The molecule has 9 heteroatoms. The minimum absolute atomic E-state index is 0.0101. The van der Waals surface area contributed by atoms with Crippen LogP contribution in [-0.2, 0) is 16.4 Å². The van der Waals surface area contributed by atoms with Crippen LogP contribution in [-0.4, -0.2) is 55.9 Å². The summed E-state index contributed by atoms with van der Waals surface area (Å²) in [5.41, 5.74) is 1.23. The molecule has 0 aromatic heterocycles. The fourth-order valence-corrected chi connectivity index (χ4v) is 5.51. The number of benzene rings is 2. The Labute approximate surface area is 187 Å². The number of urea groups is 1. The van der Waals surface area contributed by atoms with Crippen molar-refractivity contribution in [2.45, 2.75) is 30.7 Å². The van der Waals surface area contributed by atoms with Gasteiger partial charge in [-0.1, -0.05) is 59.6 Å². The predicted molar refractivity (Wildman–Crippen MR) is 120 cm³/mol. The number of carbonyl (C=O) groups is 1. The minimum Gasteiger partial charge on any atom is -0.336 e. The lowest BCUT2D eigenvalue weighted by atomic mass is 10.1. The third kappa shape index (κ3) is 5.46. The van der Waals surface area contributed by atoms with E-state index < -0.39 is 10.0 Å². The zero-order chi connectivity index (χ0) is 21.7. The van der Waals surface area contributed by atoms with Crippen LogP contribution in [0, 0.1) is 0 Å². The van der Waals surface area contributed by atoms with E-state index >= 15 is 0 Å². The Morgan fingerprint density at radius 2 is 1.70 bits per heavy atom. The zero-order valence-electron chi connectivity index (χ0n) is 16.7. The summed E-state index contributed by atoms with van der Waals surface area (Å²) in [5, 5.41) is 3.22. The van der Waals surface area contributed by atoms with Crippen molar-refractivity contribution >= 4 is 39.3 Å². The topological polar surface area (TPSA) is 69.7 Å². The molecule has 1 unspecified atom stereocenters. The maximum atomic E-state index is 12.9. The molecule has 1 heterocycles. The smallest absolute Gasteiger partial charge is 0.317 e. The van der Waals surface area contributed by atoms with Crippen LogP contribution in [0.1, 0.15) is 18.9 Å². The Kier molecular flexibility index (Phi) is 7.63. The average molecular weight is 470 g/mol. The number of piperazine rings is 1. The lowest BCUT2D eigenvalue weighted by molar-refractivity contribution is 0.169. The minimum atomic E-state index is -3.77. The van der Waals surface area contributed by atoms with Gasteiger partial charge in [0, 0.05) is 32.2 Å². The van der Waals surface area contributed by atoms with Crippen molar-refractivity contribution in [1.29, 1.82) is 0 Å². The van der Waals surface area contributed by atoms with Crippen LogP contribution in [0.25, 0.3) is 0 Å².